The Labute approximate surface area is 146 Å². The zero-order valence-corrected chi connectivity index (χ0v) is 15.3. The maximum absolute atomic E-state index is 9.17. The number of carbonyl (C=O) groups excluding carboxylic acids is 1. The van der Waals surface area contributed by atoms with Gasteiger partial charge >= 0.3 is 0 Å². The van der Waals surface area contributed by atoms with Crippen molar-refractivity contribution in [3.8, 4) is 5.75 Å². The van der Waals surface area contributed by atoms with Crippen molar-refractivity contribution in [2.24, 2.45) is 17.8 Å². The second-order valence-electron chi connectivity index (χ2n) is 7.49. The van der Waals surface area contributed by atoms with Crippen LogP contribution in [0.4, 0.5) is 0 Å². The van der Waals surface area contributed by atoms with Gasteiger partial charge in [0.05, 0.1) is 7.11 Å². The monoisotopic (exact) mass is 326 g/mol. The number of ether oxygens (including phenoxy) is 1. The number of rotatable bonds is 2. The third kappa shape index (κ3) is 3.16. The zero-order valence-electron chi connectivity index (χ0n) is 15.3. The Bertz CT molecular complexity index is 616. The van der Waals surface area contributed by atoms with Gasteiger partial charge in [0.1, 0.15) is 12.0 Å². The molecule has 0 bridgehead atoms. The van der Waals surface area contributed by atoms with E-state index < -0.39 is 0 Å². The lowest BCUT2D eigenvalue weighted by molar-refractivity contribution is -0.107. The van der Waals surface area contributed by atoms with E-state index in [1.54, 1.807) is 12.7 Å². The predicted molar refractivity (Wildman–Crippen MR) is 98.5 cm³/mol. The molecule has 0 spiro atoms. The van der Waals surface area contributed by atoms with Crippen LogP contribution in [0.25, 0.3) is 0 Å². The lowest BCUT2D eigenvalue weighted by atomic mass is 9.62. The molecule has 3 aliphatic carbocycles. The van der Waals surface area contributed by atoms with Gasteiger partial charge in [-0.2, -0.15) is 0 Å². The van der Waals surface area contributed by atoms with E-state index >= 15 is 0 Å². The standard InChI is InChI=1S/C19H24O.C3H6O/c1-12-3-6-17-15(12)9-10-18-16-8-5-14(20-2)11-13(16)4-7-19(17)18;1-2-3-4/h5-6,8,11-12,15,18-19H,3-4,7,9-10H2,1-2H3;3H,2H2,1H3/t12-,15?,18?,19?;/m0./s1. The molecule has 0 N–H and O–H groups in total. The Morgan fingerprint density at radius 1 is 1.17 bits per heavy atom. The van der Waals surface area contributed by atoms with E-state index in [9.17, 15) is 4.79 Å². The van der Waals surface area contributed by atoms with E-state index in [0.717, 1.165) is 35.7 Å². The van der Waals surface area contributed by atoms with Crippen LogP contribution in [-0.4, -0.2) is 13.4 Å². The Morgan fingerprint density at radius 3 is 2.62 bits per heavy atom. The van der Waals surface area contributed by atoms with Crippen LogP contribution in [0.15, 0.2) is 29.8 Å². The second kappa shape index (κ2) is 7.55. The molecular weight excluding hydrogens is 296 g/mol. The molecule has 3 aliphatic rings. The second-order valence-corrected chi connectivity index (χ2v) is 7.49. The molecule has 3 unspecified atom stereocenters. The van der Waals surface area contributed by atoms with Crippen LogP contribution in [0.2, 0.25) is 0 Å². The van der Waals surface area contributed by atoms with Crippen LogP contribution >= 0.6 is 0 Å². The Hall–Kier alpha value is -1.57. The molecule has 1 saturated carbocycles. The SMILES string of the molecule is CCC=O.COc1ccc2c(c1)CCC1C3=CC[C@H](C)C3CCC21. The van der Waals surface area contributed by atoms with Crippen molar-refractivity contribution < 1.29 is 9.53 Å². The van der Waals surface area contributed by atoms with Crippen LogP contribution < -0.4 is 4.74 Å². The van der Waals surface area contributed by atoms with Gasteiger partial charge in [0, 0.05) is 6.42 Å². The number of benzene rings is 1. The largest absolute Gasteiger partial charge is 0.497 e. The van der Waals surface area contributed by atoms with Crippen molar-refractivity contribution in [1.82, 2.24) is 0 Å². The summed E-state index contributed by atoms with van der Waals surface area (Å²) in [5, 5.41) is 0. The van der Waals surface area contributed by atoms with Gasteiger partial charge in [0.25, 0.3) is 0 Å². The number of methoxy groups -OCH3 is 1. The summed E-state index contributed by atoms with van der Waals surface area (Å²) < 4.78 is 5.39. The number of carbonyl (C=O) groups is 1. The maximum atomic E-state index is 9.17. The quantitative estimate of drug-likeness (QED) is 0.543. The molecule has 1 fully saturated rings. The van der Waals surface area contributed by atoms with Crippen LogP contribution in [0, 0.1) is 17.8 Å². The van der Waals surface area contributed by atoms with Gasteiger partial charge in [-0.15, -0.1) is 0 Å². The molecule has 2 nitrogen and oxygen atoms in total. The molecule has 0 heterocycles. The summed E-state index contributed by atoms with van der Waals surface area (Å²) in [4.78, 5) is 9.17. The molecule has 0 saturated heterocycles. The molecule has 0 radical (unpaired) electrons. The van der Waals surface area contributed by atoms with Gasteiger partial charge in [-0.3, -0.25) is 0 Å². The third-order valence-corrected chi connectivity index (χ3v) is 6.18. The summed E-state index contributed by atoms with van der Waals surface area (Å²) in [6.45, 7) is 4.25. The first-order valence-electron chi connectivity index (χ1n) is 9.49. The third-order valence-electron chi connectivity index (χ3n) is 6.18. The minimum atomic E-state index is 0.639. The summed E-state index contributed by atoms with van der Waals surface area (Å²) in [6, 6.07) is 6.76. The number of aldehydes is 1. The summed E-state index contributed by atoms with van der Waals surface area (Å²) in [6.07, 6.45) is 10.8. The predicted octanol–water partition coefficient (Wildman–Crippen LogP) is 5.31. The number of aryl methyl sites for hydroxylation is 1. The van der Waals surface area contributed by atoms with Crippen molar-refractivity contribution in [3.63, 3.8) is 0 Å². The van der Waals surface area contributed by atoms with E-state index in [-0.39, 0.29) is 0 Å². The zero-order chi connectivity index (χ0) is 17.1. The van der Waals surface area contributed by atoms with E-state index in [2.05, 4.69) is 31.2 Å². The number of fused-ring (bicyclic) bond motifs is 5. The highest BCUT2D eigenvalue weighted by Gasteiger charge is 2.41. The highest BCUT2D eigenvalue weighted by molar-refractivity contribution is 5.48. The summed E-state index contributed by atoms with van der Waals surface area (Å²) in [5.74, 6) is 4.42. The lowest BCUT2D eigenvalue weighted by Gasteiger charge is -2.42. The molecular formula is C22H30O2. The fraction of sp³-hybridized carbons (Fsp3) is 0.591. The molecule has 0 aliphatic heterocycles. The normalized spacial score (nSPS) is 30.0. The summed E-state index contributed by atoms with van der Waals surface area (Å²) >= 11 is 0. The fourth-order valence-electron chi connectivity index (χ4n) is 4.97. The van der Waals surface area contributed by atoms with Gasteiger partial charge in [-0.05, 0) is 79.0 Å². The molecule has 1 aromatic rings. The van der Waals surface area contributed by atoms with Crippen LogP contribution in [0.5, 0.6) is 5.75 Å². The molecule has 4 atom stereocenters. The maximum Gasteiger partial charge on any atom is 0.119 e. The minimum Gasteiger partial charge on any atom is -0.497 e. The van der Waals surface area contributed by atoms with Gasteiger partial charge < -0.3 is 9.53 Å². The van der Waals surface area contributed by atoms with Gasteiger partial charge in [0.15, 0.2) is 0 Å². The summed E-state index contributed by atoms with van der Waals surface area (Å²) in [5.41, 5.74) is 4.96. The van der Waals surface area contributed by atoms with Crippen molar-refractivity contribution in [3.05, 3.63) is 41.0 Å². The Morgan fingerprint density at radius 2 is 1.92 bits per heavy atom. The fourth-order valence-corrected chi connectivity index (χ4v) is 4.97. The highest BCUT2D eigenvalue weighted by Crippen LogP contribution is 2.54. The molecule has 0 amide bonds. The average molecular weight is 326 g/mol. The first-order valence-corrected chi connectivity index (χ1v) is 9.49. The van der Waals surface area contributed by atoms with E-state index in [1.165, 1.54) is 37.7 Å². The molecule has 24 heavy (non-hydrogen) atoms. The molecule has 2 heteroatoms. The van der Waals surface area contributed by atoms with Gasteiger partial charge in [0.2, 0.25) is 0 Å². The highest BCUT2D eigenvalue weighted by atomic mass is 16.5. The van der Waals surface area contributed by atoms with Crippen molar-refractivity contribution in [2.45, 2.75) is 58.3 Å². The van der Waals surface area contributed by atoms with E-state index in [4.69, 9.17) is 4.74 Å². The molecule has 1 aromatic carbocycles. The number of hydrogen-bond acceptors (Lipinski definition) is 2. The van der Waals surface area contributed by atoms with Crippen molar-refractivity contribution in [2.75, 3.05) is 7.11 Å². The smallest absolute Gasteiger partial charge is 0.119 e. The van der Waals surface area contributed by atoms with Crippen LogP contribution in [0.3, 0.4) is 0 Å². The van der Waals surface area contributed by atoms with Crippen molar-refractivity contribution in [1.29, 1.82) is 0 Å². The topological polar surface area (TPSA) is 26.3 Å². The minimum absolute atomic E-state index is 0.639. The molecule has 0 aromatic heterocycles. The number of allylic oxidation sites excluding steroid dienone is 2. The Kier molecular flexibility index (Phi) is 5.43. The molecule has 130 valence electrons. The first-order chi connectivity index (χ1) is 11.7. The van der Waals surface area contributed by atoms with Gasteiger partial charge in [-0.25, -0.2) is 0 Å². The molecule has 4 rings (SSSR count). The van der Waals surface area contributed by atoms with Crippen molar-refractivity contribution >= 4 is 6.29 Å². The van der Waals surface area contributed by atoms with E-state index in [0.29, 0.717) is 6.42 Å². The lowest BCUT2D eigenvalue weighted by Crippen LogP contribution is -2.30. The number of hydrogen-bond donors (Lipinski definition) is 0. The Balaban J connectivity index is 0.000000383. The van der Waals surface area contributed by atoms with Gasteiger partial charge in [-0.1, -0.05) is 31.6 Å². The first kappa shape index (κ1) is 17.3. The van der Waals surface area contributed by atoms with Crippen LogP contribution in [-0.2, 0) is 11.2 Å². The summed E-state index contributed by atoms with van der Waals surface area (Å²) in [7, 11) is 1.77. The van der Waals surface area contributed by atoms with E-state index in [1.807, 2.05) is 12.5 Å². The van der Waals surface area contributed by atoms with Crippen LogP contribution in [0.1, 0.15) is 63.0 Å². The average Bonchev–Trinajstić information content (AvgIpc) is 3.02.